The van der Waals surface area contributed by atoms with Gasteiger partial charge in [-0.2, -0.15) is 21.7 Å². The highest BCUT2D eigenvalue weighted by molar-refractivity contribution is 7.87. The zero-order valence-electron chi connectivity index (χ0n) is 14.6. The molecule has 0 amide bonds. The second kappa shape index (κ2) is 10.4. The van der Waals surface area contributed by atoms with Gasteiger partial charge in [0.2, 0.25) is 0 Å². The van der Waals surface area contributed by atoms with Crippen LogP contribution in [0, 0.1) is 0 Å². The van der Waals surface area contributed by atoms with Gasteiger partial charge in [0.15, 0.2) is 6.10 Å². The molecule has 0 spiro atoms. The maximum absolute atomic E-state index is 12.2. The number of phosphoric ester groups is 2. The van der Waals surface area contributed by atoms with E-state index in [0.29, 0.717) is 7.11 Å². The average Bonchev–Trinajstić information content (AvgIpc) is 2.55. The Morgan fingerprint density at radius 2 is 1.26 bits per heavy atom. The van der Waals surface area contributed by atoms with Gasteiger partial charge in [0.05, 0.1) is 0 Å². The minimum absolute atomic E-state index is 0.637. The largest absolute Gasteiger partial charge is 0.470 e. The van der Waals surface area contributed by atoms with Crippen LogP contribution in [0.5, 0.6) is 0 Å². The van der Waals surface area contributed by atoms with Crippen LogP contribution in [0.25, 0.3) is 0 Å². The van der Waals surface area contributed by atoms with Gasteiger partial charge in [0.1, 0.15) is 29.7 Å². The Morgan fingerprint density at radius 1 is 0.774 bits per heavy atom. The number of rotatable bonds is 11. The first kappa shape index (κ1) is 28.8. The summed E-state index contributed by atoms with van der Waals surface area (Å²) in [5.41, 5.74) is 0. The Labute approximate surface area is 172 Å². The van der Waals surface area contributed by atoms with E-state index in [1.54, 1.807) is 0 Å². The van der Waals surface area contributed by atoms with E-state index >= 15 is 0 Å². The zero-order valence-corrected chi connectivity index (χ0v) is 18.0. The lowest BCUT2D eigenvalue weighted by molar-refractivity contribution is -0.518. The molecule has 1 saturated carbocycles. The fourth-order valence-electron chi connectivity index (χ4n) is 2.73. The minimum Gasteiger partial charge on any atom is -0.377 e. The number of methoxy groups -OCH3 is 1. The van der Waals surface area contributed by atoms with Crippen molar-refractivity contribution in [1.29, 1.82) is 0 Å². The van der Waals surface area contributed by atoms with E-state index in [2.05, 4.69) is 32.2 Å². The van der Waals surface area contributed by atoms with E-state index < -0.39 is 71.9 Å². The van der Waals surface area contributed by atoms with E-state index in [9.17, 15) is 26.0 Å². The van der Waals surface area contributed by atoms with Gasteiger partial charge in [-0.3, -0.25) is 13.6 Å². The molecule has 3 unspecified atom stereocenters. The van der Waals surface area contributed by atoms with Gasteiger partial charge in [0.25, 0.3) is 0 Å². The summed E-state index contributed by atoms with van der Waals surface area (Å²) in [6.45, 7) is 0. The first-order valence-electron chi connectivity index (χ1n) is 7.07. The number of hydrogen-bond donors (Lipinski definition) is 7. The van der Waals surface area contributed by atoms with Crippen LogP contribution in [0.15, 0.2) is 0 Å². The molecule has 20 nitrogen and oxygen atoms in total. The van der Waals surface area contributed by atoms with Gasteiger partial charge in [-0.25, -0.2) is 23.8 Å². The molecule has 0 aromatic carbocycles. The van der Waals surface area contributed by atoms with Gasteiger partial charge in [0, 0.05) is 7.11 Å². The van der Waals surface area contributed by atoms with E-state index in [4.69, 9.17) is 34.6 Å². The smallest absolute Gasteiger partial charge is 0.377 e. The fraction of sp³-hybridized carbons (Fsp3) is 1.00. The molecule has 186 valence electrons. The second-order valence-electron chi connectivity index (χ2n) is 5.48. The third-order valence-corrected chi connectivity index (χ3v) is 6.47. The molecule has 0 saturated heterocycles. The molecule has 31 heavy (non-hydrogen) atoms. The van der Waals surface area contributed by atoms with Crippen molar-refractivity contribution in [2.75, 3.05) is 7.11 Å². The van der Waals surface area contributed by atoms with Crippen molar-refractivity contribution < 1.29 is 92.8 Å². The molecule has 0 aliphatic heterocycles. The number of ether oxygens (including phenoxy) is 1. The molecule has 1 fully saturated rings. The Hall–Kier alpha value is -0.200. The predicted octanol–water partition coefficient (Wildman–Crippen LogP) is -2.86. The highest BCUT2D eigenvalue weighted by atomic mass is 32.3. The van der Waals surface area contributed by atoms with Gasteiger partial charge in [-0.05, 0) is 0 Å². The van der Waals surface area contributed by atoms with Gasteiger partial charge >= 0.3 is 36.2 Å². The lowest BCUT2D eigenvalue weighted by Crippen LogP contribution is -2.68. The topological polar surface area (TPSA) is 309 Å². The van der Waals surface area contributed by atoms with E-state index in [1.807, 2.05) is 0 Å². The molecular weight excluding hydrogens is 530 g/mol. The van der Waals surface area contributed by atoms with Crippen molar-refractivity contribution in [3.63, 3.8) is 0 Å². The molecule has 0 radical (unpaired) electrons. The van der Waals surface area contributed by atoms with Gasteiger partial charge < -0.3 is 24.3 Å². The third-order valence-electron chi connectivity index (χ3n) is 3.56. The molecule has 0 aromatic rings. The van der Waals surface area contributed by atoms with Gasteiger partial charge in [-0.15, -0.1) is 4.33 Å². The molecular formula is C7H16O20P2S2. The van der Waals surface area contributed by atoms with Crippen LogP contribution in [0.3, 0.4) is 0 Å². The first-order chi connectivity index (χ1) is 13.9. The van der Waals surface area contributed by atoms with Crippen molar-refractivity contribution in [3.8, 4) is 0 Å². The second-order valence-corrected chi connectivity index (χ2v) is 10.6. The van der Waals surface area contributed by atoms with E-state index in [1.165, 1.54) is 0 Å². The standard InChI is InChI=1S/C7H16O20P2S2/c1-21-5-4(25-31(18,19)20)3(23-28(10,11)12)2(22-26-8)6(24-29(13,14)15)7(5)30(16,17)27-9/h2-9H,1H3,(H2,10,11,12)(H2,13,14,15)(H,18,19,20)/t2-,3?,4+,5?,6+,7?/m1/s1. The molecule has 1 aliphatic rings. The molecule has 24 heteroatoms. The van der Waals surface area contributed by atoms with Crippen molar-refractivity contribution in [2.24, 2.45) is 0 Å². The Kier molecular flexibility index (Phi) is 9.65. The van der Waals surface area contributed by atoms with Crippen LogP contribution in [0.1, 0.15) is 0 Å². The normalized spacial score (nSPS) is 31.0. The molecule has 7 N–H and O–H groups in total. The Balaban J connectivity index is 3.84. The summed E-state index contributed by atoms with van der Waals surface area (Å²) in [4.78, 5) is 40.4. The highest BCUT2D eigenvalue weighted by Gasteiger charge is 2.63. The Morgan fingerprint density at radius 3 is 1.61 bits per heavy atom. The lowest BCUT2D eigenvalue weighted by atomic mass is 9.86. The van der Waals surface area contributed by atoms with Crippen LogP contribution < -0.4 is 0 Å². The predicted molar refractivity (Wildman–Crippen MR) is 86.1 cm³/mol. The lowest BCUT2D eigenvalue weighted by Gasteiger charge is -2.46. The molecule has 0 heterocycles. The Bertz CT molecular complexity index is 902. The average molecular weight is 546 g/mol. The summed E-state index contributed by atoms with van der Waals surface area (Å²) >= 11 is 0. The quantitative estimate of drug-likeness (QED) is 0.0592. The molecule has 1 aliphatic carbocycles. The summed E-state index contributed by atoms with van der Waals surface area (Å²) < 4.78 is 98.8. The fourth-order valence-corrected chi connectivity index (χ4v) is 5.67. The minimum atomic E-state index is -5.72. The highest BCUT2D eigenvalue weighted by Crippen LogP contribution is 2.48. The van der Waals surface area contributed by atoms with Gasteiger partial charge in [-0.1, -0.05) is 5.04 Å². The summed E-state index contributed by atoms with van der Waals surface area (Å²) in [7, 11) is -21.8. The maximum atomic E-state index is 12.2. The van der Waals surface area contributed by atoms with Crippen molar-refractivity contribution in [2.45, 2.75) is 35.8 Å². The summed E-state index contributed by atoms with van der Waals surface area (Å²) in [5.74, 6) is 0. The van der Waals surface area contributed by atoms with E-state index in [0.717, 1.165) is 0 Å². The van der Waals surface area contributed by atoms with Crippen molar-refractivity contribution in [3.05, 3.63) is 0 Å². The maximum Gasteiger partial charge on any atom is 0.470 e. The SMILES string of the molecule is COC1C(S(=O)(=O)OO)[C@@H](OP(=O)(O)O)[C@H](OOO)C(OP(=O)(O)O)[C@@H]1OS(=O)(=O)O. The van der Waals surface area contributed by atoms with E-state index in [-0.39, 0.29) is 0 Å². The van der Waals surface area contributed by atoms with Crippen molar-refractivity contribution >= 4 is 36.2 Å². The number of phosphoric acid groups is 2. The zero-order chi connectivity index (χ0) is 24.4. The summed E-state index contributed by atoms with van der Waals surface area (Å²) in [6, 6.07) is 0. The van der Waals surface area contributed by atoms with Crippen LogP contribution in [-0.4, -0.2) is 94.4 Å². The molecule has 6 atom stereocenters. The van der Waals surface area contributed by atoms with Crippen molar-refractivity contribution in [1.82, 2.24) is 0 Å². The molecule has 1 rings (SSSR count). The van der Waals surface area contributed by atoms with Crippen LogP contribution in [0.4, 0.5) is 0 Å². The first-order valence-corrected chi connectivity index (χ1v) is 13.0. The van der Waals surface area contributed by atoms with Crippen LogP contribution in [0.2, 0.25) is 0 Å². The molecule has 0 bridgehead atoms. The van der Waals surface area contributed by atoms with Crippen LogP contribution >= 0.6 is 15.6 Å². The summed E-state index contributed by atoms with van der Waals surface area (Å²) in [5, 5.41) is 17.7. The monoisotopic (exact) mass is 546 g/mol. The number of hydrogen-bond acceptors (Lipinski definition) is 15. The molecule has 0 aromatic heterocycles. The van der Waals surface area contributed by atoms with Crippen LogP contribution in [-0.2, 0) is 61.9 Å². The summed E-state index contributed by atoms with van der Waals surface area (Å²) in [6.07, 6.45) is -13.1. The third kappa shape index (κ3) is 8.26.